The highest BCUT2D eigenvalue weighted by Gasteiger charge is 2.09. The van der Waals surface area contributed by atoms with E-state index in [2.05, 4.69) is 37.4 Å². The van der Waals surface area contributed by atoms with Gasteiger partial charge >= 0.3 is 0 Å². The molecule has 80 valence electrons. The number of nitrogens with zero attached hydrogens (tertiary/aromatic N) is 2. The van der Waals surface area contributed by atoms with Crippen LogP contribution in [0.3, 0.4) is 0 Å². The molecule has 0 bridgehead atoms. The van der Waals surface area contributed by atoms with E-state index in [0.717, 1.165) is 18.8 Å². The number of hydrogen-bond acceptors (Lipinski definition) is 2. The number of rotatable bonds is 3. The minimum Gasteiger partial charge on any atom is -0.312 e. The number of aromatic nitrogens is 2. The Morgan fingerprint density at radius 1 is 1.43 bits per heavy atom. The maximum Gasteiger partial charge on any atom is 0.0638 e. The van der Waals surface area contributed by atoms with Gasteiger partial charge < -0.3 is 5.32 Å². The molecule has 0 radical (unpaired) electrons. The predicted molar refractivity (Wildman–Crippen MR) is 59.1 cm³/mol. The fourth-order valence-corrected chi connectivity index (χ4v) is 1.39. The van der Waals surface area contributed by atoms with E-state index in [1.807, 2.05) is 18.7 Å². The summed E-state index contributed by atoms with van der Waals surface area (Å²) in [5.74, 6) is 0. The lowest BCUT2D eigenvalue weighted by Crippen LogP contribution is -2.26. The van der Waals surface area contributed by atoms with E-state index >= 15 is 0 Å². The van der Waals surface area contributed by atoms with Crippen molar-refractivity contribution in [2.24, 2.45) is 12.5 Å². The van der Waals surface area contributed by atoms with Crippen LogP contribution >= 0.6 is 0 Å². The molecule has 3 heteroatoms. The zero-order valence-electron chi connectivity index (χ0n) is 9.89. The van der Waals surface area contributed by atoms with Crippen LogP contribution in [0.25, 0.3) is 0 Å². The van der Waals surface area contributed by atoms with E-state index < -0.39 is 0 Å². The molecule has 0 aromatic carbocycles. The molecule has 1 heterocycles. The zero-order chi connectivity index (χ0) is 10.8. The van der Waals surface area contributed by atoms with Gasteiger partial charge in [0.1, 0.15) is 0 Å². The van der Waals surface area contributed by atoms with Gasteiger partial charge in [-0.25, -0.2) is 0 Å². The molecule has 0 amide bonds. The molecule has 0 saturated carbocycles. The number of nitrogens with one attached hydrogen (secondary N) is 1. The van der Waals surface area contributed by atoms with Gasteiger partial charge in [-0.3, -0.25) is 4.68 Å². The zero-order valence-corrected chi connectivity index (χ0v) is 9.89. The summed E-state index contributed by atoms with van der Waals surface area (Å²) in [5, 5.41) is 7.75. The molecule has 1 aromatic heterocycles. The molecule has 0 spiro atoms. The normalized spacial score (nSPS) is 12.1. The van der Waals surface area contributed by atoms with Crippen LogP contribution in [0.1, 0.15) is 32.0 Å². The average Bonchev–Trinajstić information content (AvgIpc) is 2.27. The summed E-state index contributed by atoms with van der Waals surface area (Å²) >= 11 is 0. The SMILES string of the molecule is Cc1nn(C)cc1CNCC(C)(C)C. The third kappa shape index (κ3) is 3.50. The number of hydrogen-bond donors (Lipinski definition) is 1. The third-order valence-corrected chi connectivity index (χ3v) is 2.09. The lowest BCUT2D eigenvalue weighted by Gasteiger charge is -2.18. The van der Waals surface area contributed by atoms with E-state index in [1.165, 1.54) is 5.56 Å². The van der Waals surface area contributed by atoms with Gasteiger partial charge in [0, 0.05) is 31.9 Å². The Morgan fingerprint density at radius 2 is 2.07 bits per heavy atom. The highest BCUT2D eigenvalue weighted by Crippen LogP contribution is 2.11. The molecule has 0 aliphatic heterocycles. The minimum atomic E-state index is 0.343. The fourth-order valence-electron chi connectivity index (χ4n) is 1.39. The average molecular weight is 195 g/mol. The molecule has 0 unspecified atom stereocenters. The van der Waals surface area contributed by atoms with Gasteiger partial charge in [-0.15, -0.1) is 0 Å². The van der Waals surface area contributed by atoms with Crippen molar-refractivity contribution >= 4 is 0 Å². The second-order valence-corrected chi connectivity index (χ2v) is 5.08. The van der Waals surface area contributed by atoms with Crippen LogP contribution in [0, 0.1) is 12.3 Å². The lowest BCUT2D eigenvalue weighted by atomic mass is 9.97. The summed E-state index contributed by atoms with van der Waals surface area (Å²) in [5.41, 5.74) is 2.75. The quantitative estimate of drug-likeness (QED) is 0.798. The maximum atomic E-state index is 4.30. The Kier molecular flexibility index (Phi) is 3.32. The van der Waals surface area contributed by atoms with E-state index in [1.54, 1.807) is 0 Å². The van der Waals surface area contributed by atoms with Gasteiger partial charge in [0.25, 0.3) is 0 Å². The molecule has 0 atom stereocenters. The summed E-state index contributed by atoms with van der Waals surface area (Å²) in [6.07, 6.45) is 2.07. The Morgan fingerprint density at radius 3 is 2.50 bits per heavy atom. The van der Waals surface area contributed by atoms with Crippen molar-refractivity contribution in [1.29, 1.82) is 0 Å². The number of aryl methyl sites for hydroxylation is 2. The summed E-state index contributed by atoms with van der Waals surface area (Å²) < 4.78 is 1.86. The summed E-state index contributed by atoms with van der Waals surface area (Å²) in [6, 6.07) is 0. The standard InChI is InChI=1S/C11H21N3/c1-9-10(7-14(5)13-9)6-12-8-11(2,3)4/h7,12H,6,8H2,1-5H3. The first-order valence-corrected chi connectivity index (χ1v) is 5.08. The second-order valence-electron chi connectivity index (χ2n) is 5.08. The van der Waals surface area contributed by atoms with Crippen molar-refractivity contribution < 1.29 is 0 Å². The molecular weight excluding hydrogens is 174 g/mol. The molecule has 3 nitrogen and oxygen atoms in total. The summed E-state index contributed by atoms with van der Waals surface area (Å²) in [7, 11) is 1.96. The van der Waals surface area contributed by atoms with Crippen molar-refractivity contribution in [2.45, 2.75) is 34.2 Å². The molecular formula is C11H21N3. The molecule has 0 fully saturated rings. The van der Waals surface area contributed by atoms with Crippen molar-refractivity contribution in [2.75, 3.05) is 6.54 Å². The van der Waals surface area contributed by atoms with E-state index in [9.17, 15) is 0 Å². The van der Waals surface area contributed by atoms with Gasteiger partial charge in [0.15, 0.2) is 0 Å². The highest BCUT2D eigenvalue weighted by atomic mass is 15.2. The Bertz CT molecular complexity index is 294. The monoisotopic (exact) mass is 195 g/mol. The lowest BCUT2D eigenvalue weighted by molar-refractivity contribution is 0.379. The Labute approximate surface area is 86.5 Å². The third-order valence-electron chi connectivity index (χ3n) is 2.09. The van der Waals surface area contributed by atoms with Crippen LogP contribution in [-0.4, -0.2) is 16.3 Å². The molecule has 1 aromatic rings. The van der Waals surface area contributed by atoms with Crippen molar-refractivity contribution in [1.82, 2.24) is 15.1 Å². The van der Waals surface area contributed by atoms with Crippen molar-refractivity contribution in [3.05, 3.63) is 17.5 Å². The van der Waals surface area contributed by atoms with Crippen molar-refractivity contribution in [3.8, 4) is 0 Å². The minimum absolute atomic E-state index is 0.343. The first-order valence-electron chi connectivity index (χ1n) is 5.08. The molecule has 0 aliphatic rings. The molecule has 0 saturated heterocycles. The fraction of sp³-hybridized carbons (Fsp3) is 0.727. The van der Waals surface area contributed by atoms with Gasteiger partial charge in [-0.2, -0.15) is 5.10 Å². The van der Waals surface area contributed by atoms with Crippen LogP contribution in [0.2, 0.25) is 0 Å². The predicted octanol–water partition coefficient (Wildman–Crippen LogP) is 1.86. The topological polar surface area (TPSA) is 29.9 Å². The Hall–Kier alpha value is -0.830. The summed E-state index contributed by atoms with van der Waals surface area (Å²) in [6.45, 7) is 10.7. The maximum absolute atomic E-state index is 4.30. The largest absolute Gasteiger partial charge is 0.312 e. The van der Waals surface area contributed by atoms with Crippen LogP contribution < -0.4 is 5.32 Å². The second kappa shape index (κ2) is 4.13. The van der Waals surface area contributed by atoms with Crippen LogP contribution in [0.5, 0.6) is 0 Å². The molecule has 14 heavy (non-hydrogen) atoms. The van der Waals surface area contributed by atoms with E-state index in [0.29, 0.717) is 5.41 Å². The highest BCUT2D eigenvalue weighted by molar-refractivity contribution is 5.14. The van der Waals surface area contributed by atoms with Gasteiger partial charge in [-0.1, -0.05) is 20.8 Å². The van der Waals surface area contributed by atoms with Gasteiger partial charge in [0.05, 0.1) is 5.69 Å². The van der Waals surface area contributed by atoms with Gasteiger partial charge in [-0.05, 0) is 12.3 Å². The van der Waals surface area contributed by atoms with Crippen LogP contribution in [0.15, 0.2) is 6.20 Å². The van der Waals surface area contributed by atoms with Crippen LogP contribution in [0.4, 0.5) is 0 Å². The Balaban J connectivity index is 2.42. The van der Waals surface area contributed by atoms with Crippen LogP contribution in [-0.2, 0) is 13.6 Å². The van der Waals surface area contributed by atoms with Crippen molar-refractivity contribution in [3.63, 3.8) is 0 Å². The smallest absolute Gasteiger partial charge is 0.0638 e. The molecule has 1 N–H and O–H groups in total. The van der Waals surface area contributed by atoms with E-state index in [4.69, 9.17) is 0 Å². The molecule has 0 aliphatic carbocycles. The van der Waals surface area contributed by atoms with Gasteiger partial charge in [0.2, 0.25) is 0 Å². The summed E-state index contributed by atoms with van der Waals surface area (Å²) in [4.78, 5) is 0. The molecule has 1 rings (SSSR count). The van der Waals surface area contributed by atoms with E-state index in [-0.39, 0.29) is 0 Å². The first-order chi connectivity index (χ1) is 6.38. The first kappa shape index (κ1) is 11.2.